The average Bonchev–Trinajstić information content (AvgIpc) is 3.31. The lowest BCUT2D eigenvalue weighted by atomic mass is 10.1. The van der Waals surface area contributed by atoms with E-state index in [-0.39, 0.29) is 6.03 Å². The molecule has 0 atom stereocenters. The number of fused-ring (bicyclic) bond motifs is 1. The lowest BCUT2D eigenvalue weighted by molar-refractivity contribution is 0.191. The van der Waals surface area contributed by atoms with Crippen LogP contribution in [0.4, 0.5) is 4.79 Å². The van der Waals surface area contributed by atoms with Crippen LogP contribution in [0.3, 0.4) is 0 Å². The van der Waals surface area contributed by atoms with E-state index in [1.54, 1.807) is 16.9 Å². The lowest BCUT2D eigenvalue weighted by Gasteiger charge is -2.23. The molecule has 2 aromatic rings. The molecule has 0 radical (unpaired) electrons. The van der Waals surface area contributed by atoms with Gasteiger partial charge >= 0.3 is 6.03 Å². The number of urea groups is 1. The molecule has 1 N–H and O–H groups in total. The van der Waals surface area contributed by atoms with Gasteiger partial charge in [-0.05, 0) is 37.2 Å². The van der Waals surface area contributed by atoms with Crippen molar-refractivity contribution in [1.29, 1.82) is 0 Å². The Morgan fingerprint density at radius 3 is 2.96 bits per heavy atom. The Bertz CT molecular complexity index is 710. The average molecular weight is 350 g/mol. The number of rotatable bonds is 7. The lowest BCUT2D eigenvalue weighted by Crippen LogP contribution is -2.42. The second-order valence-corrected chi connectivity index (χ2v) is 7.22. The summed E-state index contributed by atoms with van der Waals surface area (Å²) in [6.45, 7) is 5.81. The summed E-state index contributed by atoms with van der Waals surface area (Å²) in [5.74, 6) is 0.609. The van der Waals surface area contributed by atoms with Crippen LogP contribution in [-0.4, -0.2) is 44.7 Å². The van der Waals surface area contributed by atoms with Crippen molar-refractivity contribution < 1.29 is 4.79 Å². The van der Waals surface area contributed by atoms with Crippen molar-refractivity contribution in [3.05, 3.63) is 29.2 Å². The molecule has 2 amide bonds. The van der Waals surface area contributed by atoms with Crippen molar-refractivity contribution in [2.45, 2.75) is 45.6 Å². The summed E-state index contributed by atoms with van der Waals surface area (Å²) >= 11 is 5.98. The smallest absolute Gasteiger partial charge is 0.317 e. The molecule has 0 aromatic carbocycles. The molecule has 1 aliphatic rings. The largest absolute Gasteiger partial charge is 0.338 e. The van der Waals surface area contributed by atoms with Crippen molar-refractivity contribution in [3.8, 4) is 0 Å². The Kier molecular flexibility index (Phi) is 5.23. The molecule has 130 valence electrons. The van der Waals surface area contributed by atoms with Crippen LogP contribution in [0, 0.1) is 5.92 Å². The van der Waals surface area contributed by atoms with E-state index in [0.29, 0.717) is 29.2 Å². The van der Waals surface area contributed by atoms with Gasteiger partial charge in [0.2, 0.25) is 0 Å². The van der Waals surface area contributed by atoms with Crippen LogP contribution in [-0.2, 0) is 6.42 Å². The minimum atomic E-state index is 0.0503. The van der Waals surface area contributed by atoms with E-state index < -0.39 is 0 Å². The minimum absolute atomic E-state index is 0.0503. The number of hydrogen-bond donors (Lipinski definition) is 1. The number of halogens is 1. The number of carbonyl (C=O) groups excluding carboxylic acids is 1. The third-order valence-electron chi connectivity index (χ3n) is 4.25. The van der Waals surface area contributed by atoms with E-state index in [2.05, 4.69) is 29.2 Å². The van der Waals surface area contributed by atoms with Gasteiger partial charge in [0.05, 0.1) is 6.20 Å². The fourth-order valence-electron chi connectivity index (χ4n) is 2.66. The van der Waals surface area contributed by atoms with Crippen molar-refractivity contribution in [3.63, 3.8) is 0 Å². The first-order chi connectivity index (χ1) is 11.5. The fraction of sp³-hybridized carbons (Fsp3) is 0.588. The maximum Gasteiger partial charge on any atom is 0.317 e. The zero-order valence-corrected chi connectivity index (χ0v) is 15.0. The summed E-state index contributed by atoms with van der Waals surface area (Å²) in [7, 11) is 0. The Morgan fingerprint density at radius 1 is 1.46 bits per heavy atom. The Labute approximate surface area is 147 Å². The number of hydrogen-bond acceptors (Lipinski definition) is 3. The third-order valence-corrected chi connectivity index (χ3v) is 4.52. The van der Waals surface area contributed by atoms with E-state index in [0.717, 1.165) is 37.8 Å². The molecular weight excluding hydrogens is 326 g/mol. The van der Waals surface area contributed by atoms with E-state index >= 15 is 0 Å². The van der Waals surface area contributed by atoms with Gasteiger partial charge in [-0.25, -0.2) is 14.3 Å². The predicted molar refractivity (Wildman–Crippen MR) is 94.3 cm³/mol. The van der Waals surface area contributed by atoms with E-state index in [1.807, 2.05) is 11.1 Å². The summed E-state index contributed by atoms with van der Waals surface area (Å²) in [5.41, 5.74) is 1.67. The van der Waals surface area contributed by atoms with Gasteiger partial charge in [0.15, 0.2) is 5.65 Å². The molecular formula is C17H24ClN5O. The third kappa shape index (κ3) is 4.17. The van der Waals surface area contributed by atoms with Gasteiger partial charge < -0.3 is 10.2 Å². The normalized spacial score (nSPS) is 14.3. The summed E-state index contributed by atoms with van der Waals surface area (Å²) < 4.78 is 1.67. The molecule has 1 aliphatic carbocycles. The summed E-state index contributed by atoms with van der Waals surface area (Å²) in [6, 6.07) is 0.488. The Hall–Kier alpha value is -1.82. The second kappa shape index (κ2) is 7.38. The second-order valence-electron chi connectivity index (χ2n) is 6.81. The predicted octanol–water partition coefficient (Wildman–Crippen LogP) is 3.15. The molecule has 6 nitrogen and oxygen atoms in total. The molecule has 0 aliphatic heterocycles. The molecule has 1 fully saturated rings. The SMILES string of the molecule is CC(C)CCN(C(=O)NCCc1cnc2c(Cl)cnn2c1)C1CC1. The first-order valence-electron chi connectivity index (χ1n) is 8.57. The fourth-order valence-corrected chi connectivity index (χ4v) is 2.84. The standard InChI is InChI=1S/C17H24ClN5O/c1-12(2)6-8-22(14-3-4-14)17(24)19-7-5-13-9-20-16-15(18)10-21-23(16)11-13/h9-12,14H,3-8H2,1-2H3,(H,19,24). The van der Waals surface area contributed by atoms with Crippen LogP contribution in [0.25, 0.3) is 5.65 Å². The number of nitrogens with zero attached hydrogens (tertiary/aromatic N) is 4. The first-order valence-corrected chi connectivity index (χ1v) is 8.94. The van der Waals surface area contributed by atoms with Crippen LogP contribution >= 0.6 is 11.6 Å². The van der Waals surface area contributed by atoms with Gasteiger partial charge in [0.1, 0.15) is 5.02 Å². The van der Waals surface area contributed by atoms with Crippen molar-refractivity contribution in [1.82, 2.24) is 24.8 Å². The minimum Gasteiger partial charge on any atom is -0.338 e. The van der Waals surface area contributed by atoms with Crippen LogP contribution in [0.1, 0.15) is 38.7 Å². The molecule has 0 unspecified atom stereocenters. The Morgan fingerprint density at radius 2 is 2.25 bits per heavy atom. The molecule has 2 aromatic heterocycles. The van der Waals surface area contributed by atoms with E-state index in [4.69, 9.17) is 11.6 Å². The number of nitrogens with one attached hydrogen (secondary N) is 1. The zero-order chi connectivity index (χ0) is 17.1. The molecule has 7 heteroatoms. The quantitative estimate of drug-likeness (QED) is 0.835. The van der Waals surface area contributed by atoms with Crippen LogP contribution < -0.4 is 5.32 Å². The molecule has 2 heterocycles. The van der Waals surface area contributed by atoms with E-state index in [9.17, 15) is 4.79 Å². The van der Waals surface area contributed by atoms with Crippen molar-refractivity contribution in [2.75, 3.05) is 13.1 Å². The highest BCUT2D eigenvalue weighted by molar-refractivity contribution is 6.33. The highest BCUT2D eigenvalue weighted by Gasteiger charge is 2.32. The number of aromatic nitrogens is 3. The van der Waals surface area contributed by atoms with Gasteiger partial charge in [-0.2, -0.15) is 5.10 Å². The van der Waals surface area contributed by atoms with Gasteiger partial charge in [-0.1, -0.05) is 25.4 Å². The molecule has 24 heavy (non-hydrogen) atoms. The van der Waals surface area contributed by atoms with Gasteiger partial charge in [-0.15, -0.1) is 0 Å². The van der Waals surface area contributed by atoms with E-state index in [1.165, 1.54) is 0 Å². The number of carbonyl (C=O) groups is 1. The summed E-state index contributed by atoms with van der Waals surface area (Å²) in [6.07, 6.45) is 9.29. The highest BCUT2D eigenvalue weighted by atomic mass is 35.5. The van der Waals surface area contributed by atoms with Gasteiger partial charge in [0.25, 0.3) is 0 Å². The highest BCUT2D eigenvalue weighted by Crippen LogP contribution is 2.27. The summed E-state index contributed by atoms with van der Waals surface area (Å²) in [4.78, 5) is 18.7. The van der Waals surface area contributed by atoms with Crippen LogP contribution in [0.5, 0.6) is 0 Å². The Balaban J connectivity index is 1.51. The molecule has 1 saturated carbocycles. The maximum atomic E-state index is 12.4. The monoisotopic (exact) mass is 349 g/mol. The molecule has 0 spiro atoms. The van der Waals surface area contributed by atoms with Gasteiger partial charge in [0, 0.05) is 31.5 Å². The molecule has 0 bridgehead atoms. The molecule has 3 rings (SSSR count). The zero-order valence-electron chi connectivity index (χ0n) is 14.2. The maximum absolute atomic E-state index is 12.4. The van der Waals surface area contributed by atoms with Crippen LogP contribution in [0.15, 0.2) is 18.6 Å². The molecule has 0 saturated heterocycles. The van der Waals surface area contributed by atoms with Gasteiger partial charge in [-0.3, -0.25) is 0 Å². The number of amides is 2. The summed E-state index contributed by atoms with van der Waals surface area (Å²) in [5, 5.41) is 7.72. The first kappa shape index (κ1) is 17.0. The van der Waals surface area contributed by atoms with Crippen molar-refractivity contribution in [2.24, 2.45) is 5.92 Å². The topological polar surface area (TPSA) is 62.5 Å². The van der Waals surface area contributed by atoms with Crippen LogP contribution in [0.2, 0.25) is 5.02 Å². The van der Waals surface area contributed by atoms with Crippen molar-refractivity contribution >= 4 is 23.3 Å².